The lowest BCUT2D eigenvalue weighted by Crippen LogP contribution is -2.43. The second-order valence-corrected chi connectivity index (χ2v) is 7.49. The highest BCUT2D eigenvalue weighted by atomic mass is 35.5. The number of piperidine rings is 1. The fourth-order valence-corrected chi connectivity index (χ4v) is 3.58. The van der Waals surface area contributed by atoms with Crippen LogP contribution in [0.1, 0.15) is 28.8 Å². The highest BCUT2D eigenvalue weighted by Gasteiger charge is 2.31. The molecular weight excluding hydrogens is 430 g/mol. The summed E-state index contributed by atoms with van der Waals surface area (Å²) in [5, 5.41) is 0.754. The van der Waals surface area contributed by atoms with Crippen LogP contribution in [0.2, 0.25) is 10.0 Å². The number of alkyl halides is 3. The van der Waals surface area contributed by atoms with Crippen molar-refractivity contribution >= 4 is 29.1 Å². The third-order valence-electron chi connectivity index (χ3n) is 4.47. The van der Waals surface area contributed by atoms with E-state index >= 15 is 0 Å². The number of nitrogens with zero attached hydrogens (tertiary/aromatic N) is 1. The highest BCUT2D eigenvalue weighted by Crippen LogP contribution is 2.25. The minimum Gasteiger partial charge on any atom is -0.406 e. The van der Waals surface area contributed by atoms with Crippen LogP contribution in [0, 0.1) is 0 Å². The fraction of sp³-hybridized carbons (Fsp3) is 0.350. The van der Waals surface area contributed by atoms with Gasteiger partial charge in [-0.15, -0.1) is 13.2 Å². The number of halogens is 5. The maximum absolute atomic E-state index is 12.7. The van der Waals surface area contributed by atoms with Gasteiger partial charge in [0, 0.05) is 18.1 Å². The molecule has 0 bridgehead atoms. The van der Waals surface area contributed by atoms with Crippen molar-refractivity contribution in [3.05, 3.63) is 63.6 Å². The van der Waals surface area contributed by atoms with Crippen molar-refractivity contribution in [2.45, 2.75) is 31.9 Å². The second-order valence-electron chi connectivity index (χ2n) is 6.64. The lowest BCUT2D eigenvalue weighted by Gasteiger charge is -2.33. The van der Waals surface area contributed by atoms with Gasteiger partial charge in [0.2, 0.25) is 0 Å². The smallest absolute Gasteiger partial charge is 0.406 e. The fourth-order valence-electron chi connectivity index (χ4n) is 3.09. The Morgan fingerprint density at radius 1 is 1.14 bits per heavy atom. The third-order valence-corrected chi connectivity index (χ3v) is 5.02. The van der Waals surface area contributed by atoms with Crippen molar-refractivity contribution < 1.29 is 27.4 Å². The van der Waals surface area contributed by atoms with Gasteiger partial charge in [-0.2, -0.15) is 0 Å². The molecule has 1 amide bonds. The summed E-state index contributed by atoms with van der Waals surface area (Å²) in [4.78, 5) is 14.4. The third kappa shape index (κ3) is 6.26. The number of rotatable bonds is 5. The second kappa shape index (κ2) is 9.24. The Morgan fingerprint density at radius 3 is 2.52 bits per heavy atom. The van der Waals surface area contributed by atoms with Crippen LogP contribution < -0.4 is 4.74 Å². The molecule has 0 aliphatic carbocycles. The number of carbonyl (C=O) groups is 1. The summed E-state index contributed by atoms with van der Waals surface area (Å²) in [6.45, 7) is 1.23. The predicted octanol–water partition coefficient (Wildman–Crippen LogP) is 5.71. The average Bonchev–Trinajstić information content (AvgIpc) is 2.66. The van der Waals surface area contributed by atoms with Crippen molar-refractivity contribution in [3.8, 4) is 5.75 Å². The number of amides is 1. The Kier molecular flexibility index (Phi) is 6.93. The molecule has 1 saturated heterocycles. The Labute approximate surface area is 176 Å². The van der Waals surface area contributed by atoms with Gasteiger partial charge in [0.15, 0.2) is 0 Å². The summed E-state index contributed by atoms with van der Waals surface area (Å²) in [5.74, 6) is -0.468. The number of benzene rings is 2. The van der Waals surface area contributed by atoms with E-state index in [4.69, 9.17) is 27.9 Å². The molecule has 2 aromatic rings. The topological polar surface area (TPSA) is 38.8 Å². The molecule has 1 aliphatic heterocycles. The van der Waals surface area contributed by atoms with Crippen molar-refractivity contribution in [2.75, 3.05) is 13.1 Å². The molecule has 1 unspecified atom stereocenters. The van der Waals surface area contributed by atoms with Gasteiger partial charge in [0.25, 0.3) is 5.91 Å². The van der Waals surface area contributed by atoms with Crippen LogP contribution >= 0.6 is 23.2 Å². The summed E-state index contributed by atoms with van der Waals surface area (Å²) in [6, 6.07) is 10.3. The van der Waals surface area contributed by atoms with E-state index in [9.17, 15) is 18.0 Å². The normalized spacial score (nSPS) is 17.3. The maximum atomic E-state index is 12.7. The number of likely N-dealkylation sites (tertiary alicyclic amines) is 1. The van der Waals surface area contributed by atoms with Gasteiger partial charge in [0.05, 0.1) is 23.3 Å². The standard InChI is InChI=1S/C20H18Cl2F3NO3/c21-14-5-8-17(18(22)10-14)19(27)26-9-1-2-16(11-26)28-12-13-3-6-15(7-4-13)29-20(23,24)25/h3-8,10,16H,1-2,9,11-12H2. The van der Waals surface area contributed by atoms with Crippen LogP contribution in [-0.2, 0) is 11.3 Å². The van der Waals surface area contributed by atoms with Gasteiger partial charge >= 0.3 is 6.36 Å². The summed E-state index contributed by atoms with van der Waals surface area (Å²) in [5.41, 5.74) is 1.10. The lowest BCUT2D eigenvalue weighted by atomic mass is 10.1. The van der Waals surface area contributed by atoms with Crippen molar-refractivity contribution in [1.29, 1.82) is 0 Å². The van der Waals surface area contributed by atoms with Crippen LogP contribution in [0.4, 0.5) is 13.2 Å². The quantitative estimate of drug-likeness (QED) is 0.588. The Hall–Kier alpha value is -1.96. The molecule has 1 fully saturated rings. The molecule has 2 aromatic carbocycles. The maximum Gasteiger partial charge on any atom is 0.573 e. The van der Waals surface area contributed by atoms with Crippen LogP contribution in [0.3, 0.4) is 0 Å². The molecular formula is C20H18Cl2F3NO3. The van der Waals surface area contributed by atoms with Crippen molar-refractivity contribution in [1.82, 2.24) is 4.90 Å². The number of hydrogen-bond donors (Lipinski definition) is 0. The van der Waals surface area contributed by atoms with Gasteiger partial charge in [-0.25, -0.2) is 0 Å². The summed E-state index contributed by atoms with van der Waals surface area (Å²) < 4.78 is 46.3. The summed E-state index contributed by atoms with van der Waals surface area (Å²) in [6.07, 6.45) is -3.33. The molecule has 1 aliphatic rings. The zero-order chi connectivity index (χ0) is 21.0. The molecule has 9 heteroatoms. The van der Waals surface area contributed by atoms with E-state index in [1.165, 1.54) is 30.3 Å². The zero-order valence-electron chi connectivity index (χ0n) is 15.2. The first kappa shape index (κ1) is 21.7. The molecule has 3 rings (SSSR count). The van der Waals surface area contributed by atoms with E-state index in [0.29, 0.717) is 34.3 Å². The Bertz CT molecular complexity index is 859. The Morgan fingerprint density at radius 2 is 1.86 bits per heavy atom. The van der Waals surface area contributed by atoms with Gasteiger partial charge < -0.3 is 14.4 Å². The van der Waals surface area contributed by atoms with Crippen LogP contribution in [0.25, 0.3) is 0 Å². The number of ether oxygens (including phenoxy) is 2. The van der Waals surface area contributed by atoms with Crippen molar-refractivity contribution in [2.24, 2.45) is 0 Å². The molecule has 0 aromatic heterocycles. The van der Waals surface area contributed by atoms with Gasteiger partial charge in [-0.3, -0.25) is 4.79 Å². The first-order valence-electron chi connectivity index (χ1n) is 8.92. The highest BCUT2D eigenvalue weighted by molar-refractivity contribution is 6.36. The number of hydrogen-bond acceptors (Lipinski definition) is 3. The van der Waals surface area contributed by atoms with E-state index in [-0.39, 0.29) is 24.4 Å². The molecule has 29 heavy (non-hydrogen) atoms. The van der Waals surface area contributed by atoms with E-state index in [1.807, 2.05) is 0 Å². The zero-order valence-corrected chi connectivity index (χ0v) is 16.7. The first-order chi connectivity index (χ1) is 13.7. The molecule has 156 valence electrons. The van der Waals surface area contributed by atoms with Gasteiger partial charge in [-0.1, -0.05) is 35.3 Å². The molecule has 4 nitrogen and oxygen atoms in total. The summed E-state index contributed by atoms with van der Waals surface area (Å²) >= 11 is 12.0. The lowest BCUT2D eigenvalue weighted by molar-refractivity contribution is -0.274. The number of carbonyl (C=O) groups excluding carboxylic acids is 1. The van der Waals surface area contributed by atoms with Crippen molar-refractivity contribution in [3.63, 3.8) is 0 Å². The molecule has 1 atom stereocenters. The van der Waals surface area contributed by atoms with E-state index in [2.05, 4.69) is 4.74 Å². The predicted molar refractivity (Wildman–Crippen MR) is 103 cm³/mol. The van der Waals surface area contributed by atoms with Crippen LogP contribution in [0.15, 0.2) is 42.5 Å². The van der Waals surface area contributed by atoms with Crippen LogP contribution in [0.5, 0.6) is 5.75 Å². The van der Waals surface area contributed by atoms with Crippen LogP contribution in [-0.4, -0.2) is 36.4 Å². The molecule has 0 N–H and O–H groups in total. The Balaban J connectivity index is 1.55. The molecule has 0 saturated carbocycles. The van der Waals surface area contributed by atoms with E-state index < -0.39 is 6.36 Å². The molecule has 1 heterocycles. The largest absolute Gasteiger partial charge is 0.573 e. The van der Waals surface area contributed by atoms with Gasteiger partial charge in [-0.05, 0) is 48.7 Å². The molecule has 0 radical (unpaired) electrons. The SMILES string of the molecule is O=C(c1ccc(Cl)cc1Cl)N1CCCC(OCc2ccc(OC(F)(F)F)cc2)C1. The van der Waals surface area contributed by atoms with E-state index in [0.717, 1.165) is 12.8 Å². The average molecular weight is 448 g/mol. The van der Waals surface area contributed by atoms with Gasteiger partial charge in [0.1, 0.15) is 5.75 Å². The minimum absolute atomic E-state index is 0.176. The van der Waals surface area contributed by atoms with E-state index in [1.54, 1.807) is 17.0 Å². The minimum atomic E-state index is -4.72. The first-order valence-corrected chi connectivity index (χ1v) is 9.67. The molecule has 0 spiro atoms. The summed E-state index contributed by atoms with van der Waals surface area (Å²) in [7, 11) is 0. The monoisotopic (exact) mass is 447 g/mol.